The van der Waals surface area contributed by atoms with E-state index in [2.05, 4.69) is 10.3 Å². The number of nitrogens with one attached hydrogen (secondary N) is 1. The van der Waals surface area contributed by atoms with Crippen LogP contribution in [-0.2, 0) is 0 Å². The van der Waals surface area contributed by atoms with Gasteiger partial charge in [0.1, 0.15) is 5.82 Å². The molecule has 0 radical (unpaired) electrons. The summed E-state index contributed by atoms with van der Waals surface area (Å²) in [5, 5.41) is 3.41. The Hall–Kier alpha value is -0.960. The van der Waals surface area contributed by atoms with Gasteiger partial charge in [-0.05, 0) is 86.8 Å². The van der Waals surface area contributed by atoms with Gasteiger partial charge in [0.2, 0.25) is 0 Å². The predicted octanol–water partition coefficient (Wildman–Crippen LogP) is 4.09. The molecule has 21 heavy (non-hydrogen) atoms. The van der Waals surface area contributed by atoms with Crippen molar-refractivity contribution in [2.45, 2.75) is 51.0 Å². The summed E-state index contributed by atoms with van der Waals surface area (Å²) >= 11 is 0. The Balaban J connectivity index is 1.56. The lowest BCUT2D eigenvalue weighted by Gasteiger charge is -2.57. The van der Waals surface area contributed by atoms with Crippen LogP contribution in [0.1, 0.15) is 56.6 Å². The van der Waals surface area contributed by atoms with Crippen LogP contribution in [0.2, 0.25) is 0 Å². The zero-order valence-electron chi connectivity index (χ0n) is 12.8. The van der Waals surface area contributed by atoms with E-state index in [-0.39, 0.29) is 11.9 Å². The minimum atomic E-state index is -0.224. The summed E-state index contributed by atoms with van der Waals surface area (Å²) in [4.78, 5) is 4.03. The number of hydrogen-bond acceptors (Lipinski definition) is 2. The third-order valence-corrected chi connectivity index (χ3v) is 6.28. The zero-order valence-corrected chi connectivity index (χ0v) is 12.8. The molecule has 4 saturated carbocycles. The summed E-state index contributed by atoms with van der Waals surface area (Å²) in [6.45, 7) is 0. The van der Waals surface area contributed by atoms with Crippen LogP contribution in [0.4, 0.5) is 4.39 Å². The van der Waals surface area contributed by atoms with Crippen molar-refractivity contribution in [3.8, 4) is 0 Å². The lowest BCUT2D eigenvalue weighted by molar-refractivity contribution is -0.0619. The van der Waals surface area contributed by atoms with Crippen molar-refractivity contribution < 1.29 is 4.39 Å². The van der Waals surface area contributed by atoms with Crippen LogP contribution in [0.15, 0.2) is 18.5 Å². The maximum Gasteiger partial charge on any atom is 0.141 e. The number of pyridine rings is 1. The first-order chi connectivity index (χ1) is 10.2. The molecule has 4 aliphatic rings. The monoisotopic (exact) mass is 288 g/mol. The molecule has 0 amide bonds. The largest absolute Gasteiger partial charge is 0.313 e. The van der Waals surface area contributed by atoms with E-state index < -0.39 is 0 Å². The molecule has 3 heteroatoms. The first-order valence-electron chi connectivity index (χ1n) is 8.43. The van der Waals surface area contributed by atoms with Crippen molar-refractivity contribution in [1.82, 2.24) is 10.3 Å². The Kier molecular flexibility index (Phi) is 3.29. The van der Waals surface area contributed by atoms with Gasteiger partial charge >= 0.3 is 0 Å². The fraction of sp³-hybridized carbons (Fsp3) is 0.722. The number of rotatable bonds is 4. The molecule has 114 valence electrons. The van der Waals surface area contributed by atoms with E-state index in [1.54, 1.807) is 6.07 Å². The van der Waals surface area contributed by atoms with E-state index in [1.807, 2.05) is 13.2 Å². The molecule has 1 N–H and O–H groups in total. The Bertz CT molecular complexity index is 492. The standard InChI is InChI=1S/C18H25FN2/c1-20-17(15-5-16(19)11-21-10-15)9-18-6-12-2-13(7-18)4-14(3-12)8-18/h5,10-14,17,20H,2-4,6-9H2,1H3. The van der Waals surface area contributed by atoms with Crippen LogP contribution in [0.5, 0.6) is 0 Å². The highest BCUT2D eigenvalue weighted by Crippen LogP contribution is 2.62. The van der Waals surface area contributed by atoms with Crippen LogP contribution in [-0.4, -0.2) is 12.0 Å². The van der Waals surface area contributed by atoms with Crippen molar-refractivity contribution >= 4 is 0 Å². The lowest BCUT2D eigenvalue weighted by atomic mass is 9.48. The Morgan fingerprint density at radius 1 is 1.19 bits per heavy atom. The molecule has 4 fully saturated rings. The van der Waals surface area contributed by atoms with Crippen molar-refractivity contribution in [3.63, 3.8) is 0 Å². The van der Waals surface area contributed by atoms with Crippen LogP contribution in [0, 0.1) is 29.0 Å². The second-order valence-electron chi connectivity index (χ2n) is 7.90. The van der Waals surface area contributed by atoms with E-state index in [0.717, 1.165) is 29.7 Å². The van der Waals surface area contributed by atoms with Crippen molar-refractivity contribution in [2.75, 3.05) is 7.05 Å². The minimum Gasteiger partial charge on any atom is -0.313 e. The van der Waals surface area contributed by atoms with E-state index in [9.17, 15) is 4.39 Å². The normalized spacial score (nSPS) is 38.7. The number of hydrogen-bond donors (Lipinski definition) is 1. The summed E-state index contributed by atoms with van der Waals surface area (Å²) in [7, 11) is 2.00. The molecule has 1 atom stereocenters. The van der Waals surface area contributed by atoms with Crippen LogP contribution in [0.3, 0.4) is 0 Å². The molecule has 1 aromatic heterocycles. The van der Waals surface area contributed by atoms with Gasteiger partial charge in [-0.2, -0.15) is 0 Å². The lowest BCUT2D eigenvalue weighted by Crippen LogP contribution is -2.47. The summed E-state index contributed by atoms with van der Waals surface area (Å²) in [5.74, 6) is 2.69. The third kappa shape index (κ3) is 2.50. The highest BCUT2D eigenvalue weighted by Gasteiger charge is 2.51. The van der Waals surface area contributed by atoms with Gasteiger partial charge in [0, 0.05) is 12.2 Å². The van der Waals surface area contributed by atoms with E-state index in [1.165, 1.54) is 44.7 Å². The molecule has 2 nitrogen and oxygen atoms in total. The average molecular weight is 288 g/mol. The molecule has 0 spiro atoms. The first kappa shape index (κ1) is 13.7. The molecule has 0 aromatic carbocycles. The molecular formula is C18H25FN2. The topological polar surface area (TPSA) is 24.9 Å². The fourth-order valence-corrected chi connectivity index (χ4v) is 5.98. The molecule has 0 saturated heterocycles. The molecular weight excluding hydrogens is 263 g/mol. The van der Waals surface area contributed by atoms with Gasteiger partial charge in [-0.25, -0.2) is 4.39 Å². The van der Waals surface area contributed by atoms with E-state index in [4.69, 9.17) is 0 Å². The maximum absolute atomic E-state index is 13.5. The van der Waals surface area contributed by atoms with Gasteiger partial charge in [-0.15, -0.1) is 0 Å². The second-order valence-corrected chi connectivity index (χ2v) is 7.90. The minimum absolute atomic E-state index is 0.224. The molecule has 4 aliphatic carbocycles. The Morgan fingerprint density at radius 3 is 2.33 bits per heavy atom. The van der Waals surface area contributed by atoms with Crippen LogP contribution >= 0.6 is 0 Å². The quantitative estimate of drug-likeness (QED) is 0.902. The molecule has 0 aliphatic heterocycles. The number of aromatic nitrogens is 1. The highest BCUT2D eigenvalue weighted by molar-refractivity contribution is 5.16. The SMILES string of the molecule is CNC(CC12CC3CC(CC(C3)C1)C2)c1cncc(F)c1. The smallest absolute Gasteiger partial charge is 0.141 e. The van der Waals surface area contributed by atoms with E-state index in [0.29, 0.717) is 5.41 Å². The van der Waals surface area contributed by atoms with Crippen LogP contribution in [0.25, 0.3) is 0 Å². The Morgan fingerprint density at radius 2 is 1.81 bits per heavy atom. The Labute approximate surface area is 126 Å². The van der Waals surface area contributed by atoms with Gasteiger partial charge in [-0.1, -0.05) is 0 Å². The molecule has 5 rings (SSSR count). The summed E-state index contributed by atoms with van der Waals surface area (Å²) in [6, 6.07) is 1.89. The summed E-state index contributed by atoms with van der Waals surface area (Å²) in [5.41, 5.74) is 1.52. The summed E-state index contributed by atoms with van der Waals surface area (Å²) < 4.78 is 13.5. The van der Waals surface area contributed by atoms with Gasteiger partial charge in [-0.3, -0.25) is 4.98 Å². The highest BCUT2D eigenvalue weighted by atomic mass is 19.1. The van der Waals surface area contributed by atoms with Crippen molar-refractivity contribution in [3.05, 3.63) is 29.8 Å². The number of nitrogens with zero attached hydrogens (tertiary/aromatic N) is 1. The molecule has 4 bridgehead atoms. The predicted molar refractivity (Wildman–Crippen MR) is 81.2 cm³/mol. The average Bonchev–Trinajstić information content (AvgIpc) is 2.43. The second kappa shape index (κ2) is 5.05. The van der Waals surface area contributed by atoms with Gasteiger partial charge < -0.3 is 5.32 Å². The molecule has 1 heterocycles. The zero-order chi connectivity index (χ0) is 14.4. The summed E-state index contributed by atoms with van der Waals surface area (Å²) in [6.07, 6.45) is 12.9. The van der Waals surface area contributed by atoms with Gasteiger partial charge in [0.15, 0.2) is 0 Å². The molecule has 1 aromatic rings. The fourth-order valence-electron chi connectivity index (χ4n) is 5.98. The molecule has 1 unspecified atom stereocenters. The van der Waals surface area contributed by atoms with Crippen molar-refractivity contribution in [2.24, 2.45) is 23.2 Å². The first-order valence-corrected chi connectivity index (χ1v) is 8.43. The number of halogens is 1. The van der Waals surface area contributed by atoms with Gasteiger partial charge in [0.05, 0.1) is 6.20 Å². The van der Waals surface area contributed by atoms with E-state index >= 15 is 0 Å². The third-order valence-electron chi connectivity index (χ3n) is 6.28. The van der Waals surface area contributed by atoms with Gasteiger partial charge in [0.25, 0.3) is 0 Å². The van der Waals surface area contributed by atoms with Crippen LogP contribution < -0.4 is 5.32 Å². The van der Waals surface area contributed by atoms with Crippen molar-refractivity contribution in [1.29, 1.82) is 0 Å². The maximum atomic E-state index is 13.5.